The van der Waals surface area contributed by atoms with E-state index in [2.05, 4.69) is 36.4 Å². The molecule has 2 N–H and O–H groups in total. The average Bonchev–Trinajstić information content (AvgIpc) is 3.49. The minimum atomic E-state index is -0.238. The van der Waals surface area contributed by atoms with Crippen LogP contribution >= 0.6 is 15.9 Å². The fraction of sp³-hybridized carbons (Fsp3) is 0.318. The van der Waals surface area contributed by atoms with Crippen LogP contribution in [-0.2, 0) is 0 Å². The number of hydrogen-bond acceptors (Lipinski definition) is 5. The number of anilines is 1. The highest BCUT2D eigenvalue weighted by atomic mass is 79.9. The van der Waals surface area contributed by atoms with Gasteiger partial charge in [-0.15, -0.1) is 0 Å². The zero-order valence-electron chi connectivity index (χ0n) is 16.9. The number of nitrogens with one attached hydrogen (secondary N) is 2. The van der Waals surface area contributed by atoms with E-state index in [1.54, 1.807) is 19.2 Å². The number of methoxy groups -OCH3 is 1. The van der Waals surface area contributed by atoms with Crippen LogP contribution < -0.4 is 14.8 Å². The highest BCUT2D eigenvalue weighted by molar-refractivity contribution is 9.10. The summed E-state index contributed by atoms with van der Waals surface area (Å²) in [5.74, 6) is 3.02. The first-order chi connectivity index (χ1) is 14.6. The maximum Gasteiger partial charge on any atom is 0.255 e. The van der Waals surface area contributed by atoms with Crippen LogP contribution in [0.3, 0.4) is 0 Å². The number of H-pyrrole nitrogens is 1. The highest BCUT2D eigenvalue weighted by Crippen LogP contribution is 2.38. The lowest BCUT2D eigenvalue weighted by molar-refractivity contribution is 0.102. The lowest BCUT2D eigenvalue weighted by atomic mass is 10.1. The van der Waals surface area contributed by atoms with Crippen LogP contribution in [0.2, 0.25) is 0 Å². The third-order valence-electron chi connectivity index (χ3n) is 4.81. The molecule has 0 aliphatic heterocycles. The lowest BCUT2D eigenvalue weighted by Gasteiger charge is -2.14. The van der Waals surface area contributed by atoms with Gasteiger partial charge in [0.25, 0.3) is 5.91 Å². The van der Waals surface area contributed by atoms with Crippen molar-refractivity contribution in [1.29, 1.82) is 0 Å². The van der Waals surface area contributed by atoms with Gasteiger partial charge in [-0.3, -0.25) is 9.89 Å². The molecule has 8 heteroatoms. The normalized spacial score (nSPS) is 13.2. The first kappa shape index (κ1) is 20.4. The van der Waals surface area contributed by atoms with Gasteiger partial charge in [0, 0.05) is 22.7 Å². The molecule has 4 rings (SSSR count). The van der Waals surface area contributed by atoms with Crippen molar-refractivity contribution in [1.82, 2.24) is 15.2 Å². The number of benzene rings is 2. The fourth-order valence-corrected chi connectivity index (χ4v) is 3.60. The van der Waals surface area contributed by atoms with Gasteiger partial charge in [0.15, 0.2) is 17.3 Å². The summed E-state index contributed by atoms with van der Waals surface area (Å²) in [6.07, 6.45) is 3.22. The summed E-state index contributed by atoms with van der Waals surface area (Å²) in [5, 5.41) is 10.2. The predicted molar refractivity (Wildman–Crippen MR) is 118 cm³/mol. The molecule has 1 amide bonds. The largest absolute Gasteiger partial charge is 0.493 e. The van der Waals surface area contributed by atoms with Crippen LogP contribution in [-0.4, -0.2) is 34.8 Å². The summed E-state index contributed by atoms with van der Waals surface area (Å²) in [7, 11) is 1.55. The Morgan fingerprint density at radius 1 is 1.27 bits per heavy atom. The Labute approximate surface area is 183 Å². The summed E-state index contributed by atoms with van der Waals surface area (Å²) in [5.41, 5.74) is 2.05. The van der Waals surface area contributed by atoms with Crippen LogP contribution in [0.5, 0.6) is 11.5 Å². The molecule has 1 aliphatic rings. The minimum Gasteiger partial charge on any atom is -0.493 e. The first-order valence-corrected chi connectivity index (χ1v) is 10.7. The van der Waals surface area contributed by atoms with Gasteiger partial charge in [0.2, 0.25) is 0 Å². The number of rotatable bonds is 8. The van der Waals surface area contributed by atoms with Crippen molar-refractivity contribution >= 4 is 27.5 Å². The molecule has 156 valence electrons. The van der Waals surface area contributed by atoms with E-state index in [4.69, 9.17) is 9.47 Å². The molecule has 0 bridgehead atoms. The number of nitrogens with zero attached hydrogens (tertiary/aromatic N) is 2. The molecule has 1 aromatic heterocycles. The van der Waals surface area contributed by atoms with Crippen LogP contribution in [0.1, 0.15) is 48.3 Å². The van der Waals surface area contributed by atoms with E-state index in [0.29, 0.717) is 45.6 Å². The first-order valence-electron chi connectivity index (χ1n) is 9.93. The van der Waals surface area contributed by atoms with Gasteiger partial charge in [-0.25, -0.2) is 4.98 Å². The van der Waals surface area contributed by atoms with Crippen molar-refractivity contribution in [3.63, 3.8) is 0 Å². The minimum absolute atomic E-state index is 0.238. The smallest absolute Gasteiger partial charge is 0.255 e. The van der Waals surface area contributed by atoms with E-state index < -0.39 is 0 Å². The van der Waals surface area contributed by atoms with Crippen LogP contribution in [0.25, 0.3) is 11.4 Å². The van der Waals surface area contributed by atoms with Crippen molar-refractivity contribution in [2.75, 3.05) is 19.0 Å². The van der Waals surface area contributed by atoms with Gasteiger partial charge in [-0.1, -0.05) is 6.92 Å². The second kappa shape index (κ2) is 8.87. The van der Waals surface area contributed by atoms with E-state index in [0.717, 1.165) is 17.8 Å². The molecule has 0 spiro atoms. The van der Waals surface area contributed by atoms with Gasteiger partial charge in [-0.2, -0.15) is 5.10 Å². The van der Waals surface area contributed by atoms with Crippen molar-refractivity contribution in [2.24, 2.45) is 0 Å². The number of hydrogen-bond donors (Lipinski definition) is 2. The number of aromatic nitrogens is 3. The Kier molecular flexibility index (Phi) is 6.03. The molecule has 3 aromatic rings. The average molecular weight is 471 g/mol. The Hall–Kier alpha value is -2.87. The number of carbonyl (C=O) groups excluding carboxylic acids is 1. The Balaban J connectivity index is 1.47. The Morgan fingerprint density at radius 2 is 2.03 bits per heavy atom. The van der Waals surface area contributed by atoms with Crippen LogP contribution in [0.15, 0.2) is 40.9 Å². The summed E-state index contributed by atoms with van der Waals surface area (Å²) >= 11 is 3.47. The molecule has 1 saturated carbocycles. The van der Waals surface area contributed by atoms with Crippen molar-refractivity contribution in [3.05, 3.63) is 52.3 Å². The van der Waals surface area contributed by atoms with Crippen molar-refractivity contribution in [3.8, 4) is 22.9 Å². The quantitative estimate of drug-likeness (QED) is 0.474. The van der Waals surface area contributed by atoms with Gasteiger partial charge in [-0.05, 0) is 71.6 Å². The van der Waals surface area contributed by atoms with Crippen molar-refractivity contribution < 1.29 is 14.3 Å². The second-order valence-electron chi connectivity index (χ2n) is 7.19. The molecule has 1 aliphatic carbocycles. The standard InChI is InChI=1S/C22H23BrN4O3/c1-3-10-30-19-17(23)11-15(12-18(19)29-2)22(28)24-16-8-6-14(7-9-16)21-25-20(26-27-21)13-4-5-13/h6-9,11-13H,3-5,10H2,1-2H3,(H,24,28)(H,25,26,27). The Bertz CT molecular complexity index is 1050. The van der Waals surface area contributed by atoms with E-state index in [9.17, 15) is 4.79 Å². The maximum absolute atomic E-state index is 12.7. The number of ether oxygens (including phenoxy) is 2. The van der Waals surface area contributed by atoms with Crippen LogP contribution in [0, 0.1) is 0 Å². The number of amides is 1. The number of carbonyl (C=O) groups is 1. The molecule has 2 aromatic carbocycles. The fourth-order valence-electron chi connectivity index (χ4n) is 3.04. The molecule has 1 heterocycles. The van der Waals surface area contributed by atoms with Gasteiger partial charge in [0.05, 0.1) is 18.2 Å². The van der Waals surface area contributed by atoms with Gasteiger partial charge >= 0.3 is 0 Å². The van der Waals surface area contributed by atoms with E-state index in [-0.39, 0.29) is 5.91 Å². The van der Waals surface area contributed by atoms with Crippen molar-refractivity contribution in [2.45, 2.75) is 32.1 Å². The van der Waals surface area contributed by atoms with Crippen LogP contribution in [0.4, 0.5) is 5.69 Å². The monoisotopic (exact) mass is 470 g/mol. The highest BCUT2D eigenvalue weighted by Gasteiger charge is 2.27. The van der Waals surface area contributed by atoms with E-state index in [1.807, 2.05) is 31.2 Å². The van der Waals surface area contributed by atoms with E-state index >= 15 is 0 Å². The molecular formula is C22H23BrN4O3. The summed E-state index contributed by atoms with van der Waals surface area (Å²) in [6, 6.07) is 10.9. The molecular weight excluding hydrogens is 448 g/mol. The SMILES string of the molecule is CCCOc1c(Br)cc(C(=O)Nc2ccc(-c3n[nH]c(C4CC4)n3)cc2)cc1OC. The van der Waals surface area contributed by atoms with Gasteiger partial charge < -0.3 is 14.8 Å². The third-order valence-corrected chi connectivity index (χ3v) is 5.40. The zero-order valence-corrected chi connectivity index (χ0v) is 18.5. The third kappa shape index (κ3) is 4.48. The lowest BCUT2D eigenvalue weighted by Crippen LogP contribution is -2.12. The number of aromatic amines is 1. The summed E-state index contributed by atoms with van der Waals surface area (Å²) in [4.78, 5) is 17.3. The predicted octanol–water partition coefficient (Wildman–Crippen LogP) is 5.16. The Morgan fingerprint density at radius 3 is 2.70 bits per heavy atom. The summed E-state index contributed by atoms with van der Waals surface area (Å²) in [6.45, 7) is 2.60. The molecule has 30 heavy (non-hydrogen) atoms. The molecule has 0 atom stereocenters. The molecule has 0 unspecified atom stereocenters. The molecule has 1 fully saturated rings. The molecule has 0 saturated heterocycles. The topological polar surface area (TPSA) is 89.1 Å². The zero-order chi connectivity index (χ0) is 21.1. The molecule has 0 radical (unpaired) electrons. The number of halogens is 1. The maximum atomic E-state index is 12.7. The second-order valence-corrected chi connectivity index (χ2v) is 8.04. The summed E-state index contributed by atoms with van der Waals surface area (Å²) < 4.78 is 11.8. The van der Waals surface area contributed by atoms with Gasteiger partial charge in [0.1, 0.15) is 5.82 Å². The van der Waals surface area contributed by atoms with E-state index in [1.165, 1.54) is 12.8 Å². The molecule has 7 nitrogen and oxygen atoms in total.